The zero-order valence-corrected chi connectivity index (χ0v) is 12.4. The van der Waals surface area contributed by atoms with Crippen LogP contribution in [0.15, 0.2) is 30.3 Å². The zero-order valence-electron chi connectivity index (χ0n) is 12.4. The maximum atomic E-state index is 12.4. The van der Waals surface area contributed by atoms with Gasteiger partial charge in [-0.15, -0.1) is 0 Å². The van der Waals surface area contributed by atoms with E-state index in [0.717, 1.165) is 10.5 Å². The molecule has 1 aliphatic heterocycles. The number of alkyl halides is 1. The number of carbonyl (C=O) groups is 2. The molecule has 0 aliphatic carbocycles. The Bertz CT molecular complexity index is 522. The van der Waals surface area contributed by atoms with E-state index in [1.807, 2.05) is 30.3 Å². The van der Waals surface area contributed by atoms with Gasteiger partial charge in [-0.25, -0.2) is 9.69 Å². The molecule has 0 aromatic heterocycles. The average Bonchev–Trinajstić information content (AvgIpc) is 2.87. The number of aliphatic hydroxyl groups excluding tert-OH is 1. The van der Waals surface area contributed by atoms with Crippen molar-refractivity contribution in [2.24, 2.45) is 5.92 Å². The Kier molecular flexibility index (Phi) is 5.49. The van der Waals surface area contributed by atoms with Crippen molar-refractivity contribution in [2.45, 2.75) is 31.9 Å². The quantitative estimate of drug-likeness (QED) is 0.872. The van der Waals surface area contributed by atoms with Gasteiger partial charge in [-0.05, 0) is 12.0 Å². The fraction of sp³-hybridized carbons (Fsp3) is 0.500. The largest absolute Gasteiger partial charge is 0.447 e. The summed E-state index contributed by atoms with van der Waals surface area (Å²) in [4.78, 5) is 25.3. The lowest BCUT2D eigenvalue weighted by atomic mass is 9.99. The highest BCUT2D eigenvalue weighted by molar-refractivity contribution is 5.94. The first-order valence-corrected chi connectivity index (χ1v) is 7.32. The molecule has 2 amide bonds. The summed E-state index contributed by atoms with van der Waals surface area (Å²) < 4.78 is 17.3. The van der Waals surface area contributed by atoms with Gasteiger partial charge in [0.25, 0.3) is 0 Å². The Morgan fingerprint density at radius 1 is 1.45 bits per heavy atom. The number of cyclic esters (lactones) is 1. The molecule has 1 saturated heterocycles. The van der Waals surface area contributed by atoms with Crippen LogP contribution in [0.1, 0.15) is 18.9 Å². The predicted molar refractivity (Wildman–Crippen MR) is 77.9 cm³/mol. The third-order valence-corrected chi connectivity index (χ3v) is 3.88. The van der Waals surface area contributed by atoms with Crippen molar-refractivity contribution >= 4 is 12.0 Å². The average molecular weight is 309 g/mol. The minimum absolute atomic E-state index is 0.126. The number of rotatable bonds is 6. The van der Waals surface area contributed by atoms with Crippen LogP contribution >= 0.6 is 0 Å². The molecule has 1 aromatic carbocycles. The Hall–Kier alpha value is -1.95. The van der Waals surface area contributed by atoms with Crippen LogP contribution in [0.4, 0.5) is 9.18 Å². The van der Waals surface area contributed by atoms with Crippen molar-refractivity contribution in [1.29, 1.82) is 0 Å². The fourth-order valence-corrected chi connectivity index (χ4v) is 2.51. The van der Waals surface area contributed by atoms with Gasteiger partial charge >= 0.3 is 6.09 Å². The maximum absolute atomic E-state index is 12.4. The Morgan fingerprint density at radius 3 is 2.77 bits per heavy atom. The molecule has 0 spiro atoms. The lowest BCUT2D eigenvalue weighted by Crippen LogP contribution is -2.45. The topological polar surface area (TPSA) is 66.8 Å². The minimum Gasteiger partial charge on any atom is -0.447 e. The van der Waals surface area contributed by atoms with Crippen LogP contribution in [0.5, 0.6) is 0 Å². The van der Waals surface area contributed by atoms with Crippen LogP contribution in [0.3, 0.4) is 0 Å². The second kappa shape index (κ2) is 7.35. The minimum atomic E-state index is -1.11. The summed E-state index contributed by atoms with van der Waals surface area (Å²) in [5.41, 5.74) is 0.987. The molecule has 1 heterocycles. The summed E-state index contributed by atoms with van der Waals surface area (Å²) >= 11 is 0. The Labute approximate surface area is 128 Å². The molecule has 1 N–H and O–H groups in total. The number of halogens is 1. The van der Waals surface area contributed by atoms with Crippen LogP contribution in [0.25, 0.3) is 0 Å². The van der Waals surface area contributed by atoms with Gasteiger partial charge in [0.1, 0.15) is 6.61 Å². The second-order valence-electron chi connectivity index (χ2n) is 5.46. The van der Waals surface area contributed by atoms with Gasteiger partial charge in [0.2, 0.25) is 5.91 Å². The maximum Gasteiger partial charge on any atom is 0.416 e. The van der Waals surface area contributed by atoms with Gasteiger partial charge < -0.3 is 9.84 Å². The molecule has 1 aliphatic rings. The highest BCUT2D eigenvalue weighted by Crippen LogP contribution is 2.21. The van der Waals surface area contributed by atoms with E-state index in [2.05, 4.69) is 0 Å². The van der Waals surface area contributed by atoms with Crippen LogP contribution in [0.2, 0.25) is 0 Å². The number of aliphatic hydroxyl groups is 1. The first kappa shape index (κ1) is 16.4. The molecule has 0 saturated carbocycles. The molecule has 3 atom stereocenters. The van der Waals surface area contributed by atoms with Gasteiger partial charge in [0.05, 0.1) is 24.7 Å². The molecule has 22 heavy (non-hydrogen) atoms. The van der Waals surface area contributed by atoms with Crippen molar-refractivity contribution in [3.8, 4) is 0 Å². The molecule has 1 unspecified atom stereocenters. The predicted octanol–water partition coefficient (Wildman–Crippen LogP) is 1.93. The number of amides is 2. The van der Waals surface area contributed by atoms with Crippen molar-refractivity contribution in [1.82, 2.24) is 4.90 Å². The monoisotopic (exact) mass is 309 g/mol. The summed E-state index contributed by atoms with van der Waals surface area (Å²) in [6.07, 6.45) is -1.45. The number of ether oxygens (including phenoxy) is 1. The summed E-state index contributed by atoms with van der Waals surface area (Å²) in [5, 5.41) is 9.77. The number of nitrogens with zero attached hydrogens (tertiary/aromatic N) is 1. The normalized spacial score (nSPS) is 20.6. The molecule has 0 radical (unpaired) electrons. The van der Waals surface area contributed by atoms with Crippen molar-refractivity contribution in [2.75, 3.05) is 13.3 Å². The van der Waals surface area contributed by atoms with Crippen molar-refractivity contribution in [3.63, 3.8) is 0 Å². The molecule has 5 nitrogen and oxygen atoms in total. The van der Waals surface area contributed by atoms with Crippen LogP contribution in [-0.2, 0) is 16.0 Å². The van der Waals surface area contributed by atoms with Gasteiger partial charge in [0, 0.05) is 6.42 Å². The fourth-order valence-electron chi connectivity index (χ4n) is 2.51. The van der Waals surface area contributed by atoms with E-state index in [9.17, 15) is 19.1 Å². The summed E-state index contributed by atoms with van der Waals surface area (Å²) in [6.45, 7) is 0.913. The number of carbonyl (C=O) groups excluding carboxylic acids is 2. The third kappa shape index (κ3) is 3.62. The standard InChI is InChI=1S/C16H20FNO4/c1-11(14(19)7-8-17)15(20)18-13(10-22-16(18)21)9-12-5-3-2-4-6-12/h2-6,11,13-14,19H,7-10H2,1H3/t11-,13?,14+/m0/s1. The van der Waals surface area contributed by atoms with Crippen molar-refractivity contribution < 1.29 is 23.8 Å². The molecular formula is C16H20FNO4. The molecule has 0 bridgehead atoms. The smallest absolute Gasteiger partial charge is 0.416 e. The second-order valence-corrected chi connectivity index (χ2v) is 5.46. The van der Waals surface area contributed by atoms with E-state index in [1.165, 1.54) is 6.92 Å². The number of hydrogen-bond acceptors (Lipinski definition) is 4. The number of hydrogen-bond donors (Lipinski definition) is 1. The van der Waals surface area contributed by atoms with E-state index < -0.39 is 36.7 Å². The molecule has 6 heteroatoms. The van der Waals surface area contributed by atoms with E-state index in [1.54, 1.807) is 0 Å². The van der Waals surface area contributed by atoms with Crippen LogP contribution < -0.4 is 0 Å². The van der Waals surface area contributed by atoms with Crippen molar-refractivity contribution in [3.05, 3.63) is 35.9 Å². The highest BCUT2D eigenvalue weighted by atomic mass is 19.1. The van der Waals surface area contributed by atoms with Gasteiger partial charge in [-0.2, -0.15) is 0 Å². The number of imide groups is 1. The number of benzene rings is 1. The zero-order chi connectivity index (χ0) is 16.1. The molecule has 2 rings (SSSR count). The summed E-state index contributed by atoms with van der Waals surface area (Å²) in [5.74, 6) is -1.37. The van der Waals surface area contributed by atoms with E-state index in [-0.39, 0.29) is 13.0 Å². The van der Waals surface area contributed by atoms with Gasteiger partial charge in [0.15, 0.2) is 0 Å². The first-order valence-electron chi connectivity index (χ1n) is 7.32. The molecule has 120 valence electrons. The summed E-state index contributed by atoms with van der Waals surface area (Å²) in [7, 11) is 0. The van der Waals surface area contributed by atoms with E-state index in [4.69, 9.17) is 4.74 Å². The van der Waals surface area contributed by atoms with Crippen LogP contribution in [-0.4, -0.2) is 47.4 Å². The van der Waals surface area contributed by atoms with Gasteiger partial charge in [-0.3, -0.25) is 9.18 Å². The van der Waals surface area contributed by atoms with Crippen LogP contribution in [0, 0.1) is 5.92 Å². The Balaban J connectivity index is 2.09. The molecular weight excluding hydrogens is 289 g/mol. The lowest BCUT2D eigenvalue weighted by Gasteiger charge is -2.25. The molecule has 1 fully saturated rings. The third-order valence-electron chi connectivity index (χ3n) is 3.88. The van der Waals surface area contributed by atoms with Gasteiger partial charge in [-0.1, -0.05) is 37.3 Å². The lowest BCUT2D eigenvalue weighted by molar-refractivity contribution is -0.136. The highest BCUT2D eigenvalue weighted by Gasteiger charge is 2.41. The summed E-state index contributed by atoms with van der Waals surface area (Å²) in [6, 6.07) is 9.07. The molecule has 1 aromatic rings. The Morgan fingerprint density at radius 2 is 2.14 bits per heavy atom. The van der Waals surface area contributed by atoms with E-state index >= 15 is 0 Å². The SMILES string of the molecule is C[C@H](C(=O)N1C(=O)OCC1Cc1ccccc1)[C@H](O)CCF. The first-order chi connectivity index (χ1) is 10.5. The van der Waals surface area contributed by atoms with E-state index in [0.29, 0.717) is 6.42 Å².